The Bertz CT molecular complexity index is 943. The van der Waals surface area contributed by atoms with E-state index in [1.54, 1.807) is 24.3 Å². The van der Waals surface area contributed by atoms with Crippen LogP contribution in [0.3, 0.4) is 0 Å². The second kappa shape index (κ2) is 7.92. The number of nitrogens with one attached hydrogen (secondary N) is 2. The number of carbonyl (C=O) groups excluding carboxylic acids is 2. The lowest BCUT2D eigenvalue weighted by molar-refractivity contribution is -0.115. The molecule has 0 unspecified atom stereocenters. The van der Waals surface area contributed by atoms with Crippen LogP contribution in [0, 0.1) is 0 Å². The number of anilines is 1. The lowest BCUT2D eigenvalue weighted by Gasteiger charge is -2.19. The summed E-state index contributed by atoms with van der Waals surface area (Å²) < 4.78 is 23.1. The number of rotatable bonds is 5. The predicted octanol–water partition coefficient (Wildman–Crippen LogP) is 2.76. The largest absolute Gasteiger partial charge is 0.343 e. The van der Waals surface area contributed by atoms with Crippen LogP contribution in [0.25, 0.3) is 0 Å². The summed E-state index contributed by atoms with van der Waals surface area (Å²) in [6.45, 7) is 6.05. The van der Waals surface area contributed by atoms with Gasteiger partial charge in [0.2, 0.25) is 5.91 Å². The van der Waals surface area contributed by atoms with Crippen molar-refractivity contribution >= 4 is 27.3 Å². The number of sulfone groups is 1. The zero-order valence-electron chi connectivity index (χ0n) is 15.9. The monoisotopic (exact) mass is 388 g/mol. The minimum Gasteiger partial charge on any atom is -0.343 e. The molecule has 0 bridgehead atoms. The fraction of sp³-hybridized carbons (Fsp3) is 0.300. The Labute approximate surface area is 159 Å². The summed E-state index contributed by atoms with van der Waals surface area (Å²) in [5, 5.41) is 5.12. The van der Waals surface area contributed by atoms with Crippen molar-refractivity contribution in [3.05, 3.63) is 59.7 Å². The van der Waals surface area contributed by atoms with Crippen molar-refractivity contribution in [3.63, 3.8) is 0 Å². The number of hydrogen-bond acceptors (Lipinski definition) is 4. The van der Waals surface area contributed by atoms with Gasteiger partial charge in [-0.1, -0.05) is 39.0 Å². The van der Waals surface area contributed by atoms with Crippen LogP contribution in [-0.4, -0.2) is 33.0 Å². The zero-order valence-corrected chi connectivity index (χ0v) is 16.7. The molecule has 7 heteroatoms. The molecule has 0 aromatic heterocycles. The maximum atomic E-state index is 12.2. The standard InChI is InChI=1S/C20H24N2O4S/c1-20(2,3)15-10-8-14(9-11-15)19(24)21-13-18(23)22-16-6-5-7-17(12-16)27(4,25)26/h5-12H,13H2,1-4H3,(H,21,24)(H,22,23). The third-order valence-electron chi connectivity index (χ3n) is 3.97. The molecule has 2 aromatic carbocycles. The molecule has 2 aromatic rings. The molecule has 0 aliphatic heterocycles. The van der Waals surface area contributed by atoms with Crippen molar-refractivity contribution in [2.24, 2.45) is 0 Å². The Morgan fingerprint density at radius 3 is 2.19 bits per heavy atom. The average Bonchev–Trinajstić information content (AvgIpc) is 2.58. The molecule has 0 spiro atoms. The molecule has 144 valence electrons. The minimum atomic E-state index is -3.36. The first-order valence-electron chi connectivity index (χ1n) is 8.45. The molecule has 0 fully saturated rings. The van der Waals surface area contributed by atoms with Crippen LogP contribution in [0.4, 0.5) is 5.69 Å². The number of benzene rings is 2. The fourth-order valence-electron chi connectivity index (χ4n) is 2.39. The first kappa shape index (κ1) is 20.6. The maximum absolute atomic E-state index is 12.2. The Kier molecular flexibility index (Phi) is 6.05. The van der Waals surface area contributed by atoms with E-state index >= 15 is 0 Å². The molecule has 0 heterocycles. The smallest absolute Gasteiger partial charge is 0.251 e. The average molecular weight is 388 g/mol. The minimum absolute atomic E-state index is 0.00457. The van der Waals surface area contributed by atoms with Gasteiger partial charge in [-0.05, 0) is 41.3 Å². The molecule has 2 rings (SSSR count). The van der Waals surface area contributed by atoms with E-state index < -0.39 is 15.7 Å². The van der Waals surface area contributed by atoms with Crippen molar-refractivity contribution in [1.82, 2.24) is 5.32 Å². The van der Waals surface area contributed by atoms with Crippen LogP contribution in [-0.2, 0) is 20.0 Å². The van der Waals surface area contributed by atoms with Crippen LogP contribution in [0.5, 0.6) is 0 Å². The van der Waals surface area contributed by atoms with Crippen molar-refractivity contribution in [1.29, 1.82) is 0 Å². The summed E-state index contributed by atoms with van der Waals surface area (Å²) in [5.74, 6) is -0.796. The Morgan fingerprint density at radius 2 is 1.63 bits per heavy atom. The highest BCUT2D eigenvalue weighted by Crippen LogP contribution is 2.22. The van der Waals surface area contributed by atoms with Crippen molar-refractivity contribution in [3.8, 4) is 0 Å². The zero-order chi connectivity index (χ0) is 20.2. The van der Waals surface area contributed by atoms with Gasteiger partial charge in [0.1, 0.15) is 0 Å². The van der Waals surface area contributed by atoms with E-state index in [1.807, 2.05) is 12.1 Å². The molecule has 0 aliphatic rings. The molecular weight excluding hydrogens is 364 g/mol. The second-order valence-corrected chi connectivity index (χ2v) is 9.37. The Hall–Kier alpha value is -2.67. The van der Waals surface area contributed by atoms with Gasteiger partial charge >= 0.3 is 0 Å². The van der Waals surface area contributed by atoms with Gasteiger partial charge in [-0.15, -0.1) is 0 Å². The van der Waals surface area contributed by atoms with Gasteiger partial charge in [0, 0.05) is 17.5 Å². The van der Waals surface area contributed by atoms with Gasteiger partial charge in [-0.25, -0.2) is 8.42 Å². The fourth-order valence-corrected chi connectivity index (χ4v) is 3.06. The van der Waals surface area contributed by atoms with E-state index in [-0.39, 0.29) is 22.8 Å². The van der Waals surface area contributed by atoms with Gasteiger partial charge in [0.25, 0.3) is 5.91 Å². The van der Waals surface area contributed by atoms with Crippen LogP contribution in [0.15, 0.2) is 53.4 Å². The lowest BCUT2D eigenvalue weighted by Crippen LogP contribution is -2.32. The molecule has 0 saturated carbocycles. The Morgan fingerprint density at radius 1 is 1.00 bits per heavy atom. The number of hydrogen-bond donors (Lipinski definition) is 2. The van der Waals surface area contributed by atoms with Crippen LogP contribution < -0.4 is 10.6 Å². The Balaban J connectivity index is 1.95. The van der Waals surface area contributed by atoms with Gasteiger partial charge in [0.05, 0.1) is 11.4 Å². The molecule has 0 radical (unpaired) electrons. The third kappa shape index (κ3) is 5.92. The predicted molar refractivity (Wildman–Crippen MR) is 106 cm³/mol. The van der Waals surface area contributed by atoms with Crippen LogP contribution in [0.1, 0.15) is 36.7 Å². The van der Waals surface area contributed by atoms with Crippen molar-refractivity contribution in [2.45, 2.75) is 31.1 Å². The molecule has 2 amide bonds. The lowest BCUT2D eigenvalue weighted by atomic mass is 9.87. The van der Waals surface area contributed by atoms with Crippen molar-refractivity contribution < 1.29 is 18.0 Å². The van der Waals surface area contributed by atoms with Gasteiger partial charge in [-0.3, -0.25) is 9.59 Å². The van der Waals surface area contributed by atoms with Crippen molar-refractivity contribution in [2.75, 3.05) is 18.1 Å². The molecule has 2 N–H and O–H groups in total. The second-order valence-electron chi connectivity index (χ2n) is 7.36. The SMILES string of the molecule is CC(C)(C)c1ccc(C(=O)NCC(=O)Nc2cccc(S(C)(=O)=O)c2)cc1. The van der Waals surface area contributed by atoms with Gasteiger partial charge in [0.15, 0.2) is 9.84 Å². The topological polar surface area (TPSA) is 92.3 Å². The highest BCUT2D eigenvalue weighted by atomic mass is 32.2. The molecular formula is C20H24N2O4S. The highest BCUT2D eigenvalue weighted by Gasteiger charge is 2.15. The summed E-state index contributed by atoms with van der Waals surface area (Å²) in [5.41, 5.74) is 1.93. The molecule has 0 saturated heterocycles. The summed E-state index contributed by atoms with van der Waals surface area (Å²) in [7, 11) is -3.36. The normalized spacial score (nSPS) is 11.7. The van der Waals surface area contributed by atoms with E-state index in [0.29, 0.717) is 11.3 Å². The third-order valence-corrected chi connectivity index (χ3v) is 5.08. The molecule has 6 nitrogen and oxygen atoms in total. The van der Waals surface area contributed by atoms with Crippen LogP contribution >= 0.6 is 0 Å². The van der Waals surface area contributed by atoms with E-state index in [9.17, 15) is 18.0 Å². The first-order valence-corrected chi connectivity index (χ1v) is 10.3. The summed E-state index contributed by atoms with van der Waals surface area (Å²) in [4.78, 5) is 24.3. The number of amides is 2. The summed E-state index contributed by atoms with van der Waals surface area (Å²) in [6.07, 6.45) is 1.10. The van der Waals surface area contributed by atoms with Gasteiger partial charge < -0.3 is 10.6 Å². The van der Waals surface area contributed by atoms with Gasteiger partial charge in [-0.2, -0.15) is 0 Å². The van der Waals surface area contributed by atoms with Crippen LogP contribution in [0.2, 0.25) is 0 Å². The van der Waals surface area contributed by atoms with E-state index in [1.165, 1.54) is 12.1 Å². The summed E-state index contributed by atoms with van der Waals surface area (Å²) >= 11 is 0. The molecule has 0 atom stereocenters. The molecule has 27 heavy (non-hydrogen) atoms. The van der Waals surface area contributed by atoms with E-state index in [0.717, 1.165) is 11.8 Å². The number of carbonyl (C=O) groups is 2. The summed E-state index contributed by atoms with van der Waals surface area (Å²) in [6, 6.07) is 13.2. The quantitative estimate of drug-likeness (QED) is 0.824. The van der Waals surface area contributed by atoms with E-state index in [2.05, 4.69) is 31.4 Å². The maximum Gasteiger partial charge on any atom is 0.251 e. The first-order chi connectivity index (χ1) is 12.5. The van der Waals surface area contributed by atoms with E-state index in [4.69, 9.17) is 0 Å². The highest BCUT2D eigenvalue weighted by molar-refractivity contribution is 7.90. The molecule has 0 aliphatic carbocycles.